The van der Waals surface area contributed by atoms with Gasteiger partial charge in [0.2, 0.25) is 0 Å². The lowest BCUT2D eigenvalue weighted by Crippen LogP contribution is -2.43. The van der Waals surface area contributed by atoms with Crippen molar-refractivity contribution in [3.63, 3.8) is 0 Å². The zero-order valence-electron chi connectivity index (χ0n) is 14.8. The van der Waals surface area contributed by atoms with Crippen molar-refractivity contribution in [1.29, 1.82) is 0 Å². The minimum Gasteiger partial charge on any atom is -0.507 e. The van der Waals surface area contributed by atoms with Gasteiger partial charge in [0.05, 0.1) is 17.0 Å². The molecule has 1 aliphatic rings. The van der Waals surface area contributed by atoms with E-state index in [1.165, 1.54) is 0 Å². The molecule has 0 radical (unpaired) electrons. The molecule has 1 aliphatic heterocycles. The summed E-state index contributed by atoms with van der Waals surface area (Å²) in [6, 6.07) is 12.6. The Hall–Kier alpha value is -3.19. The maximum absolute atomic E-state index is 11.0. The molecule has 7 nitrogen and oxygen atoms in total. The summed E-state index contributed by atoms with van der Waals surface area (Å²) in [6.45, 7) is 1.27. The highest BCUT2D eigenvalue weighted by Crippen LogP contribution is 2.37. The largest absolute Gasteiger partial charge is 0.507 e. The van der Waals surface area contributed by atoms with Gasteiger partial charge in [-0.25, -0.2) is 0 Å². The summed E-state index contributed by atoms with van der Waals surface area (Å²) in [5.74, 6) is 0.483. The second kappa shape index (κ2) is 6.85. The van der Waals surface area contributed by atoms with Crippen LogP contribution in [0.2, 0.25) is 0 Å². The average Bonchev–Trinajstić information content (AvgIpc) is 2.70. The number of pyridine rings is 1. The number of para-hydroxylation sites is 1. The molecule has 0 saturated carbocycles. The number of nitrogens with two attached hydrogens (primary N) is 1. The van der Waals surface area contributed by atoms with E-state index in [4.69, 9.17) is 5.73 Å². The number of hydrogen-bond donors (Lipinski definition) is 3. The lowest BCUT2D eigenvalue weighted by molar-refractivity contribution is 0.0117. The number of anilines is 2. The number of benzene rings is 1. The van der Waals surface area contributed by atoms with Crippen LogP contribution in [-0.4, -0.2) is 38.5 Å². The van der Waals surface area contributed by atoms with Crippen LogP contribution < -0.4 is 10.6 Å². The van der Waals surface area contributed by atoms with Crippen molar-refractivity contribution in [2.24, 2.45) is 0 Å². The number of nitrogen functional groups attached to an aromatic ring is 1. The topological polar surface area (TPSA) is 108 Å². The molecule has 4 N–H and O–H groups in total. The number of aromatic nitrogens is 3. The second-order valence-electron chi connectivity index (χ2n) is 6.77. The third-order valence-corrected chi connectivity index (χ3v) is 5.13. The lowest BCUT2D eigenvalue weighted by atomic mass is 9.85. The van der Waals surface area contributed by atoms with Crippen molar-refractivity contribution in [2.75, 3.05) is 23.7 Å². The molecule has 1 fully saturated rings. The normalized spacial score (nSPS) is 16.3. The number of nitrogens with zero attached hydrogens (tertiary/aromatic N) is 4. The number of aliphatic hydroxyl groups is 1. The molecule has 4 rings (SSSR count). The number of aromatic hydroxyl groups is 1. The molecule has 3 aromatic rings. The molecule has 1 aromatic carbocycles. The molecule has 0 spiro atoms. The highest BCUT2D eigenvalue weighted by atomic mass is 16.3. The highest BCUT2D eigenvalue weighted by molar-refractivity contribution is 5.74. The fraction of sp³-hybridized carbons (Fsp3) is 0.250. The summed E-state index contributed by atoms with van der Waals surface area (Å²) >= 11 is 0. The molecule has 27 heavy (non-hydrogen) atoms. The van der Waals surface area contributed by atoms with Gasteiger partial charge in [-0.1, -0.05) is 12.1 Å². The summed E-state index contributed by atoms with van der Waals surface area (Å²) in [4.78, 5) is 6.12. The molecular weight excluding hydrogens is 342 g/mol. The summed E-state index contributed by atoms with van der Waals surface area (Å²) in [5, 5.41) is 29.3. The van der Waals surface area contributed by atoms with Gasteiger partial charge in [0.15, 0.2) is 5.82 Å². The molecule has 7 heteroatoms. The van der Waals surface area contributed by atoms with Crippen LogP contribution in [0.15, 0.2) is 54.9 Å². The third-order valence-electron chi connectivity index (χ3n) is 5.13. The Balaban J connectivity index is 1.58. The quantitative estimate of drug-likeness (QED) is 0.655. The van der Waals surface area contributed by atoms with Crippen LogP contribution in [-0.2, 0) is 5.60 Å². The molecule has 0 unspecified atom stereocenters. The van der Waals surface area contributed by atoms with E-state index in [9.17, 15) is 10.2 Å². The number of phenolic OH excluding ortho intramolecular Hbond substituents is 1. The standard InChI is InChI=1S/C20H21N5O2/c21-19-17(13-16(23-24-19)15-3-1-2-4-18(15)26)25-11-7-20(27,8-12-25)14-5-9-22-10-6-14/h1-6,9-10,13,26-27H,7-8,11-12H2,(H2,21,24). The fourth-order valence-corrected chi connectivity index (χ4v) is 3.53. The third kappa shape index (κ3) is 3.29. The van der Waals surface area contributed by atoms with E-state index in [1.54, 1.807) is 30.6 Å². The van der Waals surface area contributed by atoms with E-state index in [0.717, 1.165) is 11.3 Å². The first kappa shape index (κ1) is 17.2. The van der Waals surface area contributed by atoms with E-state index in [0.29, 0.717) is 43.0 Å². The Morgan fingerprint density at radius 2 is 1.70 bits per heavy atom. The van der Waals surface area contributed by atoms with Crippen molar-refractivity contribution >= 4 is 11.5 Å². The Bertz CT molecular complexity index is 940. The first-order chi connectivity index (χ1) is 13.1. The first-order valence-corrected chi connectivity index (χ1v) is 8.86. The molecule has 0 bridgehead atoms. The van der Waals surface area contributed by atoms with Crippen molar-refractivity contribution in [1.82, 2.24) is 15.2 Å². The van der Waals surface area contributed by atoms with Crippen LogP contribution >= 0.6 is 0 Å². The summed E-state index contributed by atoms with van der Waals surface area (Å²) in [6.07, 6.45) is 4.54. The Morgan fingerprint density at radius 1 is 1.00 bits per heavy atom. The molecule has 1 saturated heterocycles. The monoisotopic (exact) mass is 363 g/mol. The van der Waals surface area contributed by atoms with Crippen molar-refractivity contribution in [3.05, 3.63) is 60.4 Å². The minimum atomic E-state index is -0.866. The van der Waals surface area contributed by atoms with Gasteiger partial charge in [0, 0.05) is 31.0 Å². The van der Waals surface area contributed by atoms with E-state index < -0.39 is 5.60 Å². The molecule has 138 valence electrons. The second-order valence-corrected chi connectivity index (χ2v) is 6.77. The molecule has 0 amide bonds. The summed E-state index contributed by atoms with van der Waals surface area (Å²) < 4.78 is 0. The van der Waals surface area contributed by atoms with Crippen LogP contribution in [0.4, 0.5) is 11.5 Å². The van der Waals surface area contributed by atoms with E-state index in [2.05, 4.69) is 20.1 Å². The Labute approximate surface area is 157 Å². The Morgan fingerprint density at radius 3 is 2.41 bits per heavy atom. The SMILES string of the molecule is Nc1nnc(-c2ccccc2O)cc1N1CCC(O)(c2ccncc2)CC1. The van der Waals surface area contributed by atoms with Crippen LogP contribution in [0.25, 0.3) is 11.3 Å². The van der Waals surface area contributed by atoms with Gasteiger partial charge in [-0.15, -0.1) is 10.2 Å². The van der Waals surface area contributed by atoms with Gasteiger partial charge in [0.25, 0.3) is 0 Å². The molecule has 2 aromatic heterocycles. The predicted molar refractivity (Wildman–Crippen MR) is 103 cm³/mol. The van der Waals surface area contributed by atoms with Gasteiger partial charge >= 0.3 is 0 Å². The zero-order valence-corrected chi connectivity index (χ0v) is 14.8. The van der Waals surface area contributed by atoms with E-state index >= 15 is 0 Å². The number of phenols is 1. The fourth-order valence-electron chi connectivity index (χ4n) is 3.53. The molecule has 3 heterocycles. The Kier molecular flexibility index (Phi) is 4.37. The highest BCUT2D eigenvalue weighted by Gasteiger charge is 2.34. The van der Waals surface area contributed by atoms with Gasteiger partial charge in [0.1, 0.15) is 5.75 Å². The van der Waals surface area contributed by atoms with Crippen molar-refractivity contribution in [2.45, 2.75) is 18.4 Å². The van der Waals surface area contributed by atoms with Crippen LogP contribution in [0, 0.1) is 0 Å². The smallest absolute Gasteiger partial charge is 0.169 e. The molecule has 0 atom stereocenters. The maximum atomic E-state index is 11.0. The molecular formula is C20H21N5O2. The van der Waals surface area contributed by atoms with Gasteiger partial charge in [-0.2, -0.15) is 0 Å². The number of rotatable bonds is 3. The van der Waals surface area contributed by atoms with Gasteiger partial charge in [-0.05, 0) is 48.7 Å². The summed E-state index contributed by atoms with van der Waals surface area (Å²) in [5.41, 5.74) is 8.02. The lowest BCUT2D eigenvalue weighted by Gasteiger charge is -2.39. The number of hydrogen-bond acceptors (Lipinski definition) is 7. The van der Waals surface area contributed by atoms with Crippen molar-refractivity contribution in [3.8, 4) is 17.0 Å². The van der Waals surface area contributed by atoms with E-state index in [1.807, 2.05) is 24.3 Å². The predicted octanol–water partition coefficient (Wildman–Crippen LogP) is 2.31. The van der Waals surface area contributed by atoms with Crippen LogP contribution in [0.3, 0.4) is 0 Å². The maximum Gasteiger partial charge on any atom is 0.169 e. The zero-order chi connectivity index (χ0) is 18.9. The molecule has 0 aliphatic carbocycles. The van der Waals surface area contributed by atoms with Crippen molar-refractivity contribution < 1.29 is 10.2 Å². The minimum absolute atomic E-state index is 0.147. The first-order valence-electron chi connectivity index (χ1n) is 8.86. The average molecular weight is 363 g/mol. The summed E-state index contributed by atoms with van der Waals surface area (Å²) in [7, 11) is 0. The van der Waals surface area contributed by atoms with Gasteiger partial charge in [-0.3, -0.25) is 4.98 Å². The van der Waals surface area contributed by atoms with Crippen LogP contribution in [0.1, 0.15) is 18.4 Å². The van der Waals surface area contributed by atoms with E-state index in [-0.39, 0.29) is 5.75 Å². The number of piperidine rings is 1. The van der Waals surface area contributed by atoms with Crippen LogP contribution in [0.5, 0.6) is 5.75 Å². The van der Waals surface area contributed by atoms with Gasteiger partial charge < -0.3 is 20.8 Å².